The summed E-state index contributed by atoms with van der Waals surface area (Å²) < 4.78 is 1.76. The van der Waals surface area contributed by atoms with Gasteiger partial charge in [-0.25, -0.2) is 4.98 Å². The van der Waals surface area contributed by atoms with E-state index in [2.05, 4.69) is 32.5 Å². The van der Waals surface area contributed by atoms with Gasteiger partial charge in [0, 0.05) is 31.8 Å². The molecular formula is C13H20N6O. The summed E-state index contributed by atoms with van der Waals surface area (Å²) in [5.74, 6) is 0.665. The lowest BCUT2D eigenvalue weighted by Crippen LogP contribution is -2.24. The maximum absolute atomic E-state index is 12.0. The molecule has 2 aromatic rings. The van der Waals surface area contributed by atoms with Gasteiger partial charge in [-0.05, 0) is 12.8 Å². The molecule has 20 heavy (non-hydrogen) atoms. The van der Waals surface area contributed by atoms with Gasteiger partial charge >= 0.3 is 0 Å². The molecule has 0 aliphatic heterocycles. The predicted molar refractivity (Wildman–Crippen MR) is 74.1 cm³/mol. The standard InChI is InChI=1S/C13H20N6O/c1-4-6-11-15-12(17-16-11)13(20)14-7-9-8-19(3)18-10(9)5-2/h8H,4-7H2,1-3H3,(H,14,20)(H,15,16,17). The topological polar surface area (TPSA) is 88.5 Å². The Hall–Kier alpha value is -2.18. The molecule has 0 atom stereocenters. The van der Waals surface area contributed by atoms with E-state index in [1.807, 2.05) is 20.2 Å². The molecule has 7 nitrogen and oxygen atoms in total. The third kappa shape index (κ3) is 3.23. The summed E-state index contributed by atoms with van der Waals surface area (Å²) in [7, 11) is 1.87. The first-order valence-electron chi connectivity index (χ1n) is 6.84. The molecule has 0 bridgehead atoms. The third-order valence-electron chi connectivity index (χ3n) is 2.99. The van der Waals surface area contributed by atoms with Crippen LogP contribution in [0, 0.1) is 0 Å². The highest BCUT2D eigenvalue weighted by Gasteiger charge is 2.13. The first kappa shape index (κ1) is 14.2. The zero-order valence-electron chi connectivity index (χ0n) is 12.1. The van der Waals surface area contributed by atoms with Crippen LogP contribution >= 0.6 is 0 Å². The van der Waals surface area contributed by atoms with Gasteiger partial charge in [0.1, 0.15) is 5.82 Å². The van der Waals surface area contributed by atoms with Crippen molar-refractivity contribution in [2.24, 2.45) is 7.05 Å². The average molecular weight is 276 g/mol. The number of H-pyrrole nitrogens is 1. The number of hydrogen-bond donors (Lipinski definition) is 2. The molecule has 2 rings (SSSR count). The lowest BCUT2D eigenvalue weighted by Gasteiger charge is -2.01. The van der Waals surface area contributed by atoms with Crippen LogP contribution in [0.2, 0.25) is 0 Å². The van der Waals surface area contributed by atoms with Gasteiger partial charge in [-0.3, -0.25) is 14.6 Å². The number of aryl methyl sites for hydroxylation is 3. The van der Waals surface area contributed by atoms with Crippen molar-refractivity contribution in [1.29, 1.82) is 0 Å². The van der Waals surface area contributed by atoms with E-state index in [1.54, 1.807) is 4.68 Å². The van der Waals surface area contributed by atoms with E-state index in [0.29, 0.717) is 6.54 Å². The lowest BCUT2D eigenvalue weighted by atomic mass is 10.2. The van der Waals surface area contributed by atoms with Crippen LogP contribution < -0.4 is 5.32 Å². The molecule has 1 amide bonds. The average Bonchev–Trinajstić information content (AvgIpc) is 3.03. The fourth-order valence-corrected chi connectivity index (χ4v) is 2.03. The van der Waals surface area contributed by atoms with E-state index in [0.717, 1.165) is 36.3 Å². The van der Waals surface area contributed by atoms with Crippen molar-refractivity contribution in [1.82, 2.24) is 30.3 Å². The second kappa shape index (κ2) is 6.31. The lowest BCUT2D eigenvalue weighted by molar-refractivity contribution is 0.0940. The SMILES string of the molecule is CCCc1nc(C(=O)NCc2cn(C)nc2CC)n[nH]1. The van der Waals surface area contributed by atoms with Gasteiger partial charge in [0.25, 0.3) is 5.91 Å². The van der Waals surface area contributed by atoms with Crippen molar-refractivity contribution in [2.75, 3.05) is 0 Å². The molecule has 0 saturated heterocycles. The van der Waals surface area contributed by atoms with E-state index in [4.69, 9.17) is 0 Å². The number of rotatable bonds is 6. The fourth-order valence-electron chi connectivity index (χ4n) is 2.03. The van der Waals surface area contributed by atoms with E-state index in [1.165, 1.54) is 0 Å². The number of amides is 1. The van der Waals surface area contributed by atoms with Crippen molar-refractivity contribution < 1.29 is 4.79 Å². The highest BCUT2D eigenvalue weighted by atomic mass is 16.2. The van der Waals surface area contributed by atoms with Crippen molar-refractivity contribution in [3.8, 4) is 0 Å². The zero-order valence-corrected chi connectivity index (χ0v) is 12.1. The molecular weight excluding hydrogens is 256 g/mol. The molecule has 2 heterocycles. The Morgan fingerprint density at radius 1 is 1.45 bits per heavy atom. The van der Waals surface area contributed by atoms with Gasteiger partial charge in [0.15, 0.2) is 0 Å². The van der Waals surface area contributed by atoms with Crippen LogP contribution in [0.5, 0.6) is 0 Å². The van der Waals surface area contributed by atoms with Crippen LogP contribution in [0.3, 0.4) is 0 Å². The smallest absolute Gasteiger partial charge is 0.291 e. The number of carbonyl (C=O) groups is 1. The van der Waals surface area contributed by atoms with Gasteiger partial charge in [0.2, 0.25) is 5.82 Å². The summed E-state index contributed by atoms with van der Waals surface area (Å²) in [6, 6.07) is 0. The number of nitrogens with zero attached hydrogens (tertiary/aromatic N) is 4. The number of nitrogens with one attached hydrogen (secondary N) is 2. The number of aromatic amines is 1. The Bertz CT molecular complexity index is 585. The highest BCUT2D eigenvalue weighted by molar-refractivity contribution is 5.90. The van der Waals surface area contributed by atoms with Crippen LogP contribution in [-0.4, -0.2) is 30.9 Å². The molecule has 7 heteroatoms. The molecule has 0 aromatic carbocycles. The molecule has 0 aliphatic rings. The predicted octanol–water partition coefficient (Wildman–Crippen LogP) is 0.983. The molecule has 0 radical (unpaired) electrons. The van der Waals surface area contributed by atoms with E-state index in [-0.39, 0.29) is 11.7 Å². The molecule has 0 unspecified atom stereocenters. The van der Waals surface area contributed by atoms with Crippen molar-refractivity contribution in [2.45, 2.75) is 39.7 Å². The summed E-state index contributed by atoms with van der Waals surface area (Å²) in [5, 5.41) is 13.9. The summed E-state index contributed by atoms with van der Waals surface area (Å²) in [4.78, 5) is 16.1. The second-order valence-electron chi connectivity index (χ2n) is 4.67. The Kier molecular flexibility index (Phi) is 4.49. The van der Waals surface area contributed by atoms with E-state index in [9.17, 15) is 4.79 Å². The monoisotopic (exact) mass is 276 g/mol. The van der Waals surface area contributed by atoms with Crippen LogP contribution in [0.25, 0.3) is 0 Å². The number of carbonyl (C=O) groups excluding carboxylic acids is 1. The second-order valence-corrected chi connectivity index (χ2v) is 4.67. The summed E-state index contributed by atoms with van der Waals surface area (Å²) >= 11 is 0. The van der Waals surface area contributed by atoms with Gasteiger partial charge in [-0.1, -0.05) is 13.8 Å². The zero-order chi connectivity index (χ0) is 14.5. The maximum atomic E-state index is 12.0. The Morgan fingerprint density at radius 3 is 2.95 bits per heavy atom. The minimum atomic E-state index is -0.269. The van der Waals surface area contributed by atoms with Crippen LogP contribution in [0.1, 0.15) is 48.0 Å². The Balaban J connectivity index is 1.97. The molecule has 2 aromatic heterocycles. The summed E-state index contributed by atoms with van der Waals surface area (Å²) in [5.41, 5.74) is 2.02. The minimum absolute atomic E-state index is 0.190. The van der Waals surface area contributed by atoms with Crippen LogP contribution in [-0.2, 0) is 26.4 Å². The first-order valence-corrected chi connectivity index (χ1v) is 6.84. The molecule has 0 fully saturated rings. The number of aromatic nitrogens is 5. The van der Waals surface area contributed by atoms with Crippen molar-refractivity contribution in [3.05, 3.63) is 29.1 Å². The molecule has 0 spiro atoms. The number of hydrogen-bond acceptors (Lipinski definition) is 4. The Labute approximate surface area is 117 Å². The summed E-state index contributed by atoms with van der Waals surface area (Å²) in [6.45, 7) is 4.53. The summed E-state index contributed by atoms with van der Waals surface area (Å²) in [6.07, 6.45) is 4.52. The first-order chi connectivity index (χ1) is 9.63. The van der Waals surface area contributed by atoms with E-state index < -0.39 is 0 Å². The van der Waals surface area contributed by atoms with Crippen molar-refractivity contribution >= 4 is 5.91 Å². The quantitative estimate of drug-likeness (QED) is 0.823. The fraction of sp³-hybridized carbons (Fsp3) is 0.538. The van der Waals surface area contributed by atoms with Crippen LogP contribution in [0.15, 0.2) is 6.20 Å². The molecule has 0 saturated carbocycles. The van der Waals surface area contributed by atoms with E-state index >= 15 is 0 Å². The largest absolute Gasteiger partial charge is 0.345 e. The molecule has 0 aliphatic carbocycles. The molecule has 108 valence electrons. The van der Waals surface area contributed by atoms with Crippen molar-refractivity contribution in [3.63, 3.8) is 0 Å². The van der Waals surface area contributed by atoms with Gasteiger partial charge in [0.05, 0.1) is 5.69 Å². The third-order valence-corrected chi connectivity index (χ3v) is 2.99. The normalized spacial score (nSPS) is 10.8. The minimum Gasteiger partial charge on any atom is -0.345 e. The van der Waals surface area contributed by atoms with Gasteiger partial charge in [-0.15, -0.1) is 5.10 Å². The van der Waals surface area contributed by atoms with Gasteiger partial charge < -0.3 is 5.32 Å². The van der Waals surface area contributed by atoms with Crippen LogP contribution in [0.4, 0.5) is 0 Å². The van der Waals surface area contributed by atoms with Gasteiger partial charge in [-0.2, -0.15) is 5.10 Å². The maximum Gasteiger partial charge on any atom is 0.291 e. The molecule has 2 N–H and O–H groups in total. The Morgan fingerprint density at radius 2 is 2.25 bits per heavy atom. The highest BCUT2D eigenvalue weighted by Crippen LogP contribution is 2.07.